The van der Waals surface area contributed by atoms with Gasteiger partial charge in [-0.05, 0) is 51.4 Å². The average Bonchev–Trinajstić information content (AvgIpc) is 3.53. The van der Waals surface area contributed by atoms with Crippen molar-refractivity contribution in [3.05, 3.63) is 24.3 Å². The van der Waals surface area contributed by atoms with E-state index >= 15 is 0 Å². The van der Waals surface area contributed by atoms with Crippen molar-refractivity contribution in [2.75, 3.05) is 13.2 Å². The molecule has 81 heavy (non-hydrogen) atoms. The fourth-order valence-corrected chi connectivity index (χ4v) is 10.8. The molecule has 0 amide bonds. The first kappa shape index (κ1) is 76.2. The molecule has 0 saturated carbocycles. The second-order valence-electron chi connectivity index (χ2n) is 23.8. The summed E-state index contributed by atoms with van der Waals surface area (Å²) in [5.41, 5.74) is 0. The maximum absolute atomic E-state index is 13.2. The van der Waals surface area contributed by atoms with Crippen LogP contribution < -0.4 is 0 Å². The van der Waals surface area contributed by atoms with Crippen LogP contribution in [0.4, 0.5) is 0 Å². The van der Waals surface area contributed by atoms with E-state index in [9.17, 15) is 34.5 Å². The summed E-state index contributed by atoms with van der Waals surface area (Å²) < 4.78 is 28.6. The molecule has 1 rings (SSSR count). The summed E-state index contributed by atoms with van der Waals surface area (Å²) in [7, 11) is 0. The fourth-order valence-electron chi connectivity index (χ4n) is 10.8. The first-order valence-corrected chi connectivity index (χ1v) is 34.3. The molecule has 0 aromatic heterocycles. The van der Waals surface area contributed by atoms with Crippen molar-refractivity contribution in [2.24, 2.45) is 0 Å². The Kier molecular flexibility index (Phi) is 54.2. The Hall–Kier alpha value is -2.80. The van der Waals surface area contributed by atoms with E-state index in [0.29, 0.717) is 19.3 Å². The molecular formula is C69H126O12. The van der Waals surface area contributed by atoms with Crippen molar-refractivity contribution in [1.82, 2.24) is 0 Å². The molecule has 1 aliphatic heterocycles. The van der Waals surface area contributed by atoms with Crippen LogP contribution in [0.25, 0.3) is 0 Å². The number of ether oxygens (including phenoxy) is 5. The van der Waals surface area contributed by atoms with Gasteiger partial charge in [-0.1, -0.05) is 295 Å². The predicted molar refractivity (Wildman–Crippen MR) is 331 cm³/mol. The number of aliphatic hydroxyl groups excluding tert-OH is 2. The number of carboxylic acids is 1. The summed E-state index contributed by atoms with van der Waals surface area (Å²) in [6.45, 7) is 6.04. The third kappa shape index (κ3) is 47.2. The van der Waals surface area contributed by atoms with Crippen LogP contribution >= 0.6 is 0 Å². The van der Waals surface area contributed by atoms with E-state index in [1.165, 1.54) is 193 Å². The highest BCUT2D eigenvalue weighted by Gasteiger charge is 2.50. The van der Waals surface area contributed by atoms with E-state index in [0.717, 1.165) is 89.9 Å². The number of rotatable bonds is 60. The molecule has 12 nitrogen and oxygen atoms in total. The topological polar surface area (TPSA) is 175 Å². The zero-order chi connectivity index (χ0) is 58.9. The second kappa shape index (κ2) is 57.6. The highest BCUT2D eigenvalue weighted by atomic mass is 16.7. The Morgan fingerprint density at radius 1 is 0.407 bits per heavy atom. The summed E-state index contributed by atoms with van der Waals surface area (Å²) in [4.78, 5) is 51.4. The van der Waals surface area contributed by atoms with Crippen molar-refractivity contribution in [2.45, 2.75) is 379 Å². The van der Waals surface area contributed by atoms with Crippen LogP contribution in [-0.4, -0.2) is 89.2 Å². The molecule has 1 aliphatic rings. The van der Waals surface area contributed by atoms with E-state index < -0.39 is 67.3 Å². The zero-order valence-electron chi connectivity index (χ0n) is 52.6. The maximum Gasteiger partial charge on any atom is 0.335 e. The SMILES string of the molecule is CCCCC/C=C\C/C=C\CCCCCCCCCC(=O)OC1C(OCC(COC(=O)CCCCCCCCCCCCCCCCCCC)OC(=O)CCCCCCCCCCCCCCCCCCC)OC(C(=O)O)C(O)C1O. The molecule has 1 fully saturated rings. The lowest BCUT2D eigenvalue weighted by atomic mass is 9.98. The summed E-state index contributed by atoms with van der Waals surface area (Å²) >= 11 is 0. The number of allylic oxidation sites excluding steroid dienone is 4. The van der Waals surface area contributed by atoms with Crippen LogP contribution in [0.3, 0.4) is 0 Å². The predicted octanol–water partition coefficient (Wildman–Crippen LogP) is 18.6. The molecule has 1 heterocycles. The molecule has 6 unspecified atom stereocenters. The number of carboxylic acid groups (broad SMARTS) is 1. The molecule has 0 aromatic rings. The number of hydrogen-bond acceptors (Lipinski definition) is 11. The molecule has 0 aliphatic carbocycles. The molecule has 0 radical (unpaired) electrons. The highest BCUT2D eigenvalue weighted by molar-refractivity contribution is 5.74. The molecule has 0 spiro atoms. The minimum Gasteiger partial charge on any atom is -0.479 e. The van der Waals surface area contributed by atoms with Crippen LogP contribution in [0.5, 0.6) is 0 Å². The van der Waals surface area contributed by atoms with Crippen molar-refractivity contribution in [1.29, 1.82) is 0 Å². The number of carbonyl (C=O) groups excluding carboxylic acids is 3. The lowest BCUT2D eigenvalue weighted by Crippen LogP contribution is -2.61. The lowest BCUT2D eigenvalue weighted by molar-refractivity contribution is -0.301. The highest BCUT2D eigenvalue weighted by Crippen LogP contribution is 2.27. The molecule has 1 saturated heterocycles. The molecular weight excluding hydrogens is 1020 g/mol. The van der Waals surface area contributed by atoms with Gasteiger partial charge >= 0.3 is 23.9 Å². The standard InChI is InChI=1S/C69H126O12/c1-4-7-10-13-16-19-22-25-28-31-34-37-40-43-46-49-52-55-61(70)77-58-60(79-62(71)56-53-50-47-44-41-38-35-32-29-26-23-20-17-14-11-8-5-2)59-78-69-67(65(74)64(73)66(81-69)68(75)76)80-63(72)57-54-51-48-45-42-39-36-33-30-27-24-21-18-15-12-9-6-3/h18,21,27,30,60,64-67,69,73-74H,4-17,19-20,22-26,28-29,31-59H2,1-3H3,(H,75,76)/b21-18-,30-27-. The van der Waals surface area contributed by atoms with E-state index in [4.69, 9.17) is 23.7 Å². The number of carbonyl (C=O) groups is 4. The van der Waals surface area contributed by atoms with E-state index in [2.05, 4.69) is 45.1 Å². The van der Waals surface area contributed by atoms with Gasteiger partial charge in [0, 0.05) is 19.3 Å². The van der Waals surface area contributed by atoms with Gasteiger partial charge in [0.05, 0.1) is 6.61 Å². The number of aliphatic hydroxyl groups is 2. The second-order valence-corrected chi connectivity index (χ2v) is 23.8. The Labute approximate surface area is 496 Å². The molecule has 6 atom stereocenters. The van der Waals surface area contributed by atoms with Gasteiger partial charge in [-0.25, -0.2) is 4.79 Å². The maximum atomic E-state index is 13.2. The van der Waals surface area contributed by atoms with Gasteiger partial charge in [-0.15, -0.1) is 0 Å². The van der Waals surface area contributed by atoms with Crippen LogP contribution in [0.1, 0.15) is 342 Å². The number of aliphatic carboxylic acids is 1. The van der Waals surface area contributed by atoms with Crippen LogP contribution in [0.2, 0.25) is 0 Å². The Morgan fingerprint density at radius 3 is 1.14 bits per heavy atom. The van der Waals surface area contributed by atoms with Gasteiger partial charge in [0.15, 0.2) is 24.6 Å². The monoisotopic (exact) mass is 1150 g/mol. The minimum atomic E-state index is -1.90. The van der Waals surface area contributed by atoms with Gasteiger partial charge in [-0.2, -0.15) is 0 Å². The van der Waals surface area contributed by atoms with Gasteiger partial charge in [0.1, 0.15) is 18.8 Å². The van der Waals surface area contributed by atoms with E-state index in [-0.39, 0.29) is 25.9 Å². The third-order valence-corrected chi connectivity index (χ3v) is 16.0. The summed E-state index contributed by atoms with van der Waals surface area (Å²) in [5.74, 6) is -3.08. The van der Waals surface area contributed by atoms with Gasteiger partial charge < -0.3 is 39.0 Å². The van der Waals surface area contributed by atoms with Crippen molar-refractivity contribution in [3.63, 3.8) is 0 Å². The number of esters is 3. The Morgan fingerprint density at radius 2 is 0.741 bits per heavy atom. The minimum absolute atomic E-state index is 0.0568. The number of unbranched alkanes of at least 4 members (excludes halogenated alkanes) is 42. The quantitative estimate of drug-likeness (QED) is 0.0228. The first-order valence-electron chi connectivity index (χ1n) is 34.3. The number of hydrogen-bond donors (Lipinski definition) is 3. The largest absolute Gasteiger partial charge is 0.479 e. The van der Waals surface area contributed by atoms with E-state index in [1.54, 1.807) is 0 Å². The van der Waals surface area contributed by atoms with Crippen LogP contribution in [0, 0.1) is 0 Å². The lowest BCUT2D eigenvalue weighted by Gasteiger charge is -2.40. The molecule has 0 aromatic carbocycles. The van der Waals surface area contributed by atoms with Gasteiger partial charge in [0.2, 0.25) is 0 Å². The van der Waals surface area contributed by atoms with Gasteiger partial charge in [0.25, 0.3) is 0 Å². The van der Waals surface area contributed by atoms with E-state index in [1.807, 2.05) is 0 Å². The summed E-state index contributed by atoms with van der Waals surface area (Å²) in [6.07, 6.45) is 55.6. The first-order chi connectivity index (χ1) is 39.6. The normalized spacial score (nSPS) is 17.8. The average molecular weight is 1150 g/mol. The Balaban J connectivity index is 2.63. The molecule has 474 valence electrons. The molecule has 3 N–H and O–H groups in total. The van der Waals surface area contributed by atoms with Crippen LogP contribution in [0.15, 0.2) is 24.3 Å². The third-order valence-electron chi connectivity index (χ3n) is 16.0. The van der Waals surface area contributed by atoms with Crippen molar-refractivity contribution < 1.29 is 58.2 Å². The molecule has 12 heteroatoms. The zero-order valence-corrected chi connectivity index (χ0v) is 52.6. The fraction of sp³-hybridized carbons (Fsp3) is 0.884. The van der Waals surface area contributed by atoms with Crippen LogP contribution in [-0.2, 0) is 42.9 Å². The van der Waals surface area contributed by atoms with Crippen molar-refractivity contribution in [3.8, 4) is 0 Å². The van der Waals surface area contributed by atoms with Gasteiger partial charge in [-0.3, -0.25) is 14.4 Å². The summed E-state index contributed by atoms with van der Waals surface area (Å²) in [6, 6.07) is 0. The summed E-state index contributed by atoms with van der Waals surface area (Å²) in [5, 5.41) is 31.6. The molecule has 0 bridgehead atoms. The smallest absolute Gasteiger partial charge is 0.335 e. The Bertz CT molecular complexity index is 1500. The van der Waals surface area contributed by atoms with Crippen molar-refractivity contribution >= 4 is 23.9 Å².